The first-order valence-corrected chi connectivity index (χ1v) is 7.27. The summed E-state index contributed by atoms with van der Waals surface area (Å²) in [5.74, 6) is -1.37. The lowest BCUT2D eigenvalue weighted by molar-refractivity contribution is -0.131. The molecule has 0 saturated carbocycles. The van der Waals surface area contributed by atoms with Gasteiger partial charge in [0, 0.05) is 18.2 Å². The molecule has 0 bridgehead atoms. The number of carboxylic acid groups (broad SMARTS) is 1. The van der Waals surface area contributed by atoms with Crippen LogP contribution in [0.4, 0.5) is 0 Å². The van der Waals surface area contributed by atoms with Crippen LogP contribution in [0.25, 0.3) is 0 Å². The summed E-state index contributed by atoms with van der Waals surface area (Å²) >= 11 is 0. The van der Waals surface area contributed by atoms with Gasteiger partial charge in [0.1, 0.15) is 0 Å². The Balaban J connectivity index is 3.44. The van der Waals surface area contributed by atoms with Gasteiger partial charge < -0.3 is 10.4 Å². The predicted molar refractivity (Wildman–Crippen MR) is 77.0 cm³/mol. The molecule has 0 spiro atoms. The van der Waals surface area contributed by atoms with Crippen molar-refractivity contribution in [3.63, 3.8) is 0 Å². The summed E-state index contributed by atoms with van der Waals surface area (Å²) in [5, 5.41) is 11.2. The van der Waals surface area contributed by atoms with Gasteiger partial charge in [0.05, 0.1) is 0 Å². The molecule has 1 amide bonds. The summed E-state index contributed by atoms with van der Waals surface area (Å²) in [6.45, 7) is 4.35. The van der Waals surface area contributed by atoms with E-state index in [1.165, 1.54) is 45.4 Å². The summed E-state index contributed by atoms with van der Waals surface area (Å²) in [7, 11) is 0. The van der Waals surface area contributed by atoms with Crippen molar-refractivity contribution in [1.29, 1.82) is 0 Å². The molecule has 0 saturated heterocycles. The summed E-state index contributed by atoms with van der Waals surface area (Å²) in [6.07, 6.45) is 10.7. The molecule has 0 aliphatic carbocycles. The van der Waals surface area contributed by atoms with Gasteiger partial charge >= 0.3 is 5.97 Å². The molecule has 19 heavy (non-hydrogen) atoms. The topological polar surface area (TPSA) is 66.4 Å². The summed E-state index contributed by atoms with van der Waals surface area (Å²) < 4.78 is 0. The second-order valence-electron chi connectivity index (χ2n) is 4.90. The van der Waals surface area contributed by atoms with Crippen molar-refractivity contribution in [3.8, 4) is 0 Å². The van der Waals surface area contributed by atoms with E-state index < -0.39 is 5.97 Å². The smallest absolute Gasteiger partial charge is 0.328 e. The number of nitrogens with one attached hydrogen (secondary N) is 1. The van der Waals surface area contributed by atoms with E-state index in [4.69, 9.17) is 5.11 Å². The van der Waals surface area contributed by atoms with E-state index in [1.54, 1.807) is 0 Å². The maximum Gasteiger partial charge on any atom is 0.328 e. The molecule has 4 heteroatoms. The molecular formula is C15H27NO3. The fourth-order valence-electron chi connectivity index (χ4n) is 1.85. The second kappa shape index (κ2) is 11.8. The zero-order valence-corrected chi connectivity index (χ0v) is 12.2. The Morgan fingerprint density at radius 3 is 2.05 bits per heavy atom. The minimum absolute atomic E-state index is 0.243. The van der Waals surface area contributed by atoms with Crippen LogP contribution >= 0.6 is 0 Å². The van der Waals surface area contributed by atoms with Crippen LogP contribution in [0.2, 0.25) is 0 Å². The lowest BCUT2D eigenvalue weighted by atomic mass is 10.1. The van der Waals surface area contributed by atoms with Crippen molar-refractivity contribution in [1.82, 2.24) is 5.32 Å². The molecule has 0 aromatic rings. The zero-order valence-electron chi connectivity index (χ0n) is 12.2. The van der Waals surface area contributed by atoms with Crippen LogP contribution in [0.1, 0.15) is 65.2 Å². The minimum Gasteiger partial charge on any atom is -0.478 e. The van der Waals surface area contributed by atoms with Crippen LogP contribution in [0, 0.1) is 0 Å². The average molecular weight is 269 g/mol. The number of hydrogen-bond donors (Lipinski definition) is 2. The molecule has 0 heterocycles. The van der Waals surface area contributed by atoms with Gasteiger partial charge in [-0.3, -0.25) is 4.79 Å². The molecule has 0 atom stereocenters. The number of carbonyl (C=O) groups excluding carboxylic acids is 1. The Morgan fingerprint density at radius 2 is 1.53 bits per heavy atom. The number of amides is 1. The van der Waals surface area contributed by atoms with E-state index >= 15 is 0 Å². The molecule has 0 aliphatic rings. The summed E-state index contributed by atoms with van der Waals surface area (Å²) in [4.78, 5) is 21.8. The third-order valence-corrected chi connectivity index (χ3v) is 3.01. The Kier molecular flexibility index (Phi) is 10.9. The highest BCUT2D eigenvalue weighted by atomic mass is 16.4. The molecule has 110 valence electrons. The summed E-state index contributed by atoms with van der Waals surface area (Å²) in [6, 6.07) is 0. The molecule has 0 aliphatic heterocycles. The van der Waals surface area contributed by atoms with Crippen molar-refractivity contribution < 1.29 is 14.7 Å². The Hall–Kier alpha value is -1.32. The first-order chi connectivity index (χ1) is 9.07. The Morgan fingerprint density at radius 1 is 1.00 bits per heavy atom. The van der Waals surface area contributed by atoms with Crippen molar-refractivity contribution in [3.05, 3.63) is 11.6 Å². The van der Waals surface area contributed by atoms with E-state index in [1.807, 2.05) is 0 Å². The Bertz CT molecular complexity index is 298. The van der Waals surface area contributed by atoms with Crippen LogP contribution < -0.4 is 5.32 Å². The van der Waals surface area contributed by atoms with Crippen molar-refractivity contribution >= 4 is 11.9 Å². The predicted octanol–water partition coefficient (Wildman–Crippen LogP) is 3.27. The third kappa shape index (κ3) is 11.5. The van der Waals surface area contributed by atoms with Gasteiger partial charge in [-0.25, -0.2) is 4.79 Å². The average Bonchev–Trinajstić information content (AvgIpc) is 2.35. The van der Waals surface area contributed by atoms with Crippen molar-refractivity contribution in [2.45, 2.75) is 65.2 Å². The molecule has 2 N–H and O–H groups in total. The monoisotopic (exact) mass is 269 g/mol. The fourth-order valence-corrected chi connectivity index (χ4v) is 1.85. The lowest BCUT2D eigenvalue weighted by Gasteiger charge is -2.05. The molecule has 0 aromatic carbocycles. The van der Waals surface area contributed by atoms with Gasteiger partial charge in [0.25, 0.3) is 0 Å². The highest BCUT2D eigenvalue weighted by Crippen LogP contribution is 2.07. The van der Waals surface area contributed by atoms with E-state index in [0.29, 0.717) is 6.54 Å². The number of unbranched alkanes of at least 4 members (excludes halogenated alkanes) is 7. The van der Waals surface area contributed by atoms with E-state index in [-0.39, 0.29) is 11.5 Å². The standard InChI is InChI=1S/C15H27NO3/c1-3-4-5-6-7-8-9-10-11-16-15(19)13(2)12-14(17)18/h12H,3-11H2,1-2H3,(H,16,19)(H,17,18)/b13-12+. The third-order valence-electron chi connectivity index (χ3n) is 3.01. The van der Waals surface area contributed by atoms with Gasteiger partial charge in [-0.2, -0.15) is 0 Å². The molecule has 0 rings (SSSR count). The largest absolute Gasteiger partial charge is 0.478 e. The maximum atomic E-state index is 11.4. The SMILES string of the molecule is CCCCCCCCCCNC(=O)/C(C)=C/C(=O)O. The number of rotatable bonds is 11. The molecule has 4 nitrogen and oxygen atoms in total. The van der Waals surface area contributed by atoms with E-state index in [9.17, 15) is 9.59 Å². The zero-order chi connectivity index (χ0) is 14.5. The fraction of sp³-hybridized carbons (Fsp3) is 0.733. The lowest BCUT2D eigenvalue weighted by Crippen LogP contribution is -2.25. The number of carboxylic acids is 1. The minimum atomic E-state index is -1.08. The first-order valence-electron chi connectivity index (χ1n) is 7.27. The van der Waals surface area contributed by atoms with Crippen molar-refractivity contribution in [2.24, 2.45) is 0 Å². The van der Waals surface area contributed by atoms with Crippen LogP contribution in [0.5, 0.6) is 0 Å². The molecule has 0 radical (unpaired) electrons. The van der Waals surface area contributed by atoms with E-state index in [0.717, 1.165) is 18.9 Å². The maximum absolute atomic E-state index is 11.4. The van der Waals surface area contributed by atoms with Gasteiger partial charge in [-0.05, 0) is 13.3 Å². The van der Waals surface area contributed by atoms with Crippen LogP contribution in [-0.2, 0) is 9.59 Å². The van der Waals surface area contributed by atoms with Crippen LogP contribution in [-0.4, -0.2) is 23.5 Å². The van der Waals surface area contributed by atoms with Crippen LogP contribution in [0.3, 0.4) is 0 Å². The van der Waals surface area contributed by atoms with Gasteiger partial charge in [-0.15, -0.1) is 0 Å². The van der Waals surface area contributed by atoms with Gasteiger partial charge in [-0.1, -0.05) is 51.9 Å². The highest BCUT2D eigenvalue weighted by Gasteiger charge is 2.04. The quantitative estimate of drug-likeness (QED) is 0.447. The van der Waals surface area contributed by atoms with Gasteiger partial charge in [0.15, 0.2) is 0 Å². The number of carbonyl (C=O) groups is 2. The van der Waals surface area contributed by atoms with Crippen LogP contribution in [0.15, 0.2) is 11.6 Å². The summed E-state index contributed by atoms with van der Waals surface area (Å²) in [5.41, 5.74) is 0.243. The van der Waals surface area contributed by atoms with Gasteiger partial charge in [0.2, 0.25) is 5.91 Å². The molecular weight excluding hydrogens is 242 g/mol. The van der Waals surface area contributed by atoms with Crippen molar-refractivity contribution in [2.75, 3.05) is 6.54 Å². The number of aliphatic carboxylic acids is 1. The first kappa shape index (κ1) is 17.7. The molecule has 0 fully saturated rings. The second-order valence-corrected chi connectivity index (χ2v) is 4.90. The highest BCUT2D eigenvalue weighted by molar-refractivity contribution is 5.98. The Labute approximate surface area is 116 Å². The molecule has 0 aromatic heterocycles. The van der Waals surface area contributed by atoms with E-state index in [2.05, 4.69) is 12.2 Å². The number of hydrogen-bond acceptors (Lipinski definition) is 2. The normalized spacial score (nSPS) is 11.4. The molecule has 0 unspecified atom stereocenters.